The second-order valence-electron chi connectivity index (χ2n) is 9.01. The van der Waals surface area contributed by atoms with E-state index in [0.717, 1.165) is 37.0 Å². The molecular formula is C22H30N2O5. The molecule has 7 nitrogen and oxygen atoms in total. The molecule has 4 saturated carbocycles. The molecule has 29 heavy (non-hydrogen) atoms. The molecule has 4 fully saturated rings. The van der Waals surface area contributed by atoms with Gasteiger partial charge in [0.25, 0.3) is 5.91 Å². The molecule has 0 spiro atoms. The van der Waals surface area contributed by atoms with Crippen LogP contribution in [0.15, 0.2) is 12.1 Å². The van der Waals surface area contributed by atoms with Gasteiger partial charge in [-0.05, 0) is 73.8 Å². The van der Waals surface area contributed by atoms with Crippen LogP contribution in [0.5, 0.6) is 17.2 Å². The number of carbonyl (C=O) groups excluding carboxylic acids is 2. The minimum Gasteiger partial charge on any atom is -0.493 e. The van der Waals surface area contributed by atoms with Crippen molar-refractivity contribution in [3.8, 4) is 17.2 Å². The molecule has 0 unspecified atom stereocenters. The average Bonchev–Trinajstić information content (AvgIpc) is 2.69. The number of nitrogens with one attached hydrogen (secondary N) is 2. The van der Waals surface area contributed by atoms with Gasteiger partial charge in [0.2, 0.25) is 11.7 Å². The lowest BCUT2D eigenvalue weighted by molar-refractivity contribution is -0.130. The third-order valence-electron chi connectivity index (χ3n) is 6.94. The fraction of sp³-hybridized carbons (Fsp3) is 0.636. The minimum atomic E-state index is -0.428. The molecule has 4 aliphatic rings. The van der Waals surface area contributed by atoms with Gasteiger partial charge in [-0.15, -0.1) is 0 Å². The number of carbonyl (C=O) groups is 2. The third kappa shape index (κ3) is 3.87. The van der Waals surface area contributed by atoms with Crippen LogP contribution >= 0.6 is 0 Å². The van der Waals surface area contributed by atoms with E-state index in [0.29, 0.717) is 29.2 Å². The Balaban J connectivity index is 1.38. The Hall–Kier alpha value is -2.44. The SMILES string of the molecule is COc1cc(C(=O)NNC(=O)CC23CC4CC(CC(C4)C2)C3)cc(OC)c1OC. The van der Waals surface area contributed by atoms with Crippen LogP contribution in [0.1, 0.15) is 55.3 Å². The van der Waals surface area contributed by atoms with Gasteiger partial charge in [0.15, 0.2) is 11.5 Å². The average molecular weight is 402 g/mol. The molecule has 1 aromatic carbocycles. The number of methoxy groups -OCH3 is 3. The summed E-state index contributed by atoms with van der Waals surface area (Å²) >= 11 is 0. The molecule has 2 N–H and O–H groups in total. The summed E-state index contributed by atoms with van der Waals surface area (Å²) in [4.78, 5) is 25.2. The number of amides is 2. The maximum atomic E-state index is 12.6. The maximum absolute atomic E-state index is 12.6. The minimum absolute atomic E-state index is 0.118. The molecule has 4 aliphatic carbocycles. The Morgan fingerprint density at radius 3 is 1.86 bits per heavy atom. The first-order valence-corrected chi connectivity index (χ1v) is 10.3. The smallest absolute Gasteiger partial charge is 0.269 e. The van der Waals surface area contributed by atoms with Crippen molar-refractivity contribution in [2.75, 3.05) is 21.3 Å². The summed E-state index contributed by atoms with van der Waals surface area (Å²) < 4.78 is 15.8. The molecular weight excluding hydrogens is 372 g/mol. The summed E-state index contributed by atoms with van der Waals surface area (Å²) in [5, 5.41) is 0. The molecule has 0 aliphatic heterocycles. The number of rotatable bonds is 6. The summed E-state index contributed by atoms with van der Waals surface area (Å²) in [6.45, 7) is 0. The standard InChI is InChI=1S/C22H30N2O5/c1-27-17-7-16(8-18(28-2)20(17)29-3)21(26)24-23-19(25)12-22-9-13-4-14(10-22)6-15(5-13)11-22/h7-8,13-15H,4-6,9-12H2,1-3H3,(H,23,25)(H,24,26). The zero-order chi connectivity index (χ0) is 20.6. The van der Waals surface area contributed by atoms with Crippen molar-refractivity contribution in [2.24, 2.45) is 23.2 Å². The fourth-order valence-electron chi connectivity index (χ4n) is 6.30. The third-order valence-corrected chi connectivity index (χ3v) is 6.94. The summed E-state index contributed by atoms with van der Waals surface area (Å²) in [6, 6.07) is 3.11. The zero-order valence-corrected chi connectivity index (χ0v) is 17.4. The van der Waals surface area contributed by atoms with Crippen LogP contribution < -0.4 is 25.1 Å². The molecule has 4 bridgehead atoms. The van der Waals surface area contributed by atoms with Gasteiger partial charge in [0, 0.05) is 12.0 Å². The van der Waals surface area contributed by atoms with Crippen LogP contribution in [0.25, 0.3) is 0 Å². The molecule has 5 rings (SSSR count). The van der Waals surface area contributed by atoms with Gasteiger partial charge in [-0.2, -0.15) is 0 Å². The van der Waals surface area contributed by atoms with Gasteiger partial charge in [-0.1, -0.05) is 0 Å². The summed E-state index contributed by atoms with van der Waals surface area (Å²) in [7, 11) is 4.49. The number of benzene rings is 1. The van der Waals surface area contributed by atoms with Crippen LogP contribution in [-0.4, -0.2) is 33.1 Å². The number of hydrogen-bond donors (Lipinski definition) is 2. The first kappa shape index (κ1) is 19.9. The maximum Gasteiger partial charge on any atom is 0.269 e. The fourth-order valence-corrected chi connectivity index (χ4v) is 6.30. The quantitative estimate of drug-likeness (QED) is 0.714. The van der Waals surface area contributed by atoms with E-state index in [-0.39, 0.29) is 11.3 Å². The van der Waals surface area contributed by atoms with Crippen LogP contribution in [0.2, 0.25) is 0 Å². The van der Waals surface area contributed by atoms with E-state index in [1.165, 1.54) is 40.6 Å². The number of ether oxygens (including phenoxy) is 3. The highest BCUT2D eigenvalue weighted by Gasteiger charge is 2.51. The second kappa shape index (κ2) is 7.76. The monoisotopic (exact) mass is 402 g/mol. The summed E-state index contributed by atoms with van der Waals surface area (Å²) in [6.07, 6.45) is 8.01. The van der Waals surface area contributed by atoms with Crippen molar-refractivity contribution in [1.29, 1.82) is 0 Å². The molecule has 0 aromatic heterocycles. The predicted octanol–water partition coefficient (Wildman–Crippen LogP) is 3.08. The Kier molecular flexibility index (Phi) is 5.32. The normalized spacial score (nSPS) is 29.3. The van der Waals surface area contributed by atoms with Crippen LogP contribution in [0.3, 0.4) is 0 Å². The molecule has 0 heterocycles. The molecule has 0 saturated heterocycles. The number of hydrogen-bond acceptors (Lipinski definition) is 5. The van der Waals surface area contributed by atoms with Crippen molar-refractivity contribution in [3.05, 3.63) is 17.7 Å². The van der Waals surface area contributed by atoms with Crippen molar-refractivity contribution in [3.63, 3.8) is 0 Å². The first-order chi connectivity index (χ1) is 13.9. The predicted molar refractivity (Wildman–Crippen MR) is 107 cm³/mol. The lowest BCUT2D eigenvalue weighted by Crippen LogP contribution is -2.50. The van der Waals surface area contributed by atoms with E-state index in [9.17, 15) is 9.59 Å². The van der Waals surface area contributed by atoms with E-state index in [1.54, 1.807) is 12.1 Å². The highest BCUT2D eigenvalue weighted by molar-refractivity contribution is 5.96. The van der Waals surface area contributed by atoms with E-state index in [4.69, 9.17) is 14.2 Å². The molecule has 0 radical (unpaired) electrons. The lowest BCUT2D eigenvalue weighted by atomic mass is 9.49. The second-order valence-corrected chi connectivity index (χ2v) is 9.01. The van der Waals surface area contributed by atoms with Crippen LogP contribution in [-0.2, 0) is 4.79 Å². The van der Waals surface area contributed by atoms with Gasteiger partial charge in [-0.3, -0.25) is 20.4 Å². The van der Waals surface area contributed by atoms with Gasteiger partial charge < -0.3 is 14.2 Å². The largest absolute Gasteiger partial charge is 0.493 e. The van der Waals surface area contributed by atoms with E-state index in [1.807, 2.05) is 0 Å². The molecule has 158 valence electrons. The van der Waals surface area contributed by atoms with Gasteiger partial charge in [-0.25, -0.2) is 0 Å². The molecule has 0 atom stereocenters. The van der Waals surface area contributed by atoms with Gasteiger partial charge in [0.1, 0.15) is 0 Å². The number of hydrazine groups is 1. The Morgan fingerprint density at radius 2 is 1.41 bits per heavy atom. The zero-order valence-electron chi connectivity index (χ0n) is 17.4. The highest BCUT2D eigenvalue weighted by Crippen LogP contribution is 2.61. The van der Waals surface area contributed by atoms with Crippen LogP contribution in [0, 0.1) is 23.2 Å². The lowest BCUT2D eigenvalue weighted by Gasteiger charge is -2.56. The topological polar surface area (TPSA) is 85.9 Å². The molecule has 1 aromatic rings. The molecule has 7 heteroatoms. The first-order valence-electron chi connectivity index (χ1n) is 10.3. The van der Waals surface area contributed by atoms with E-state index < -0.39 is 5.91 Å². The van der Waals surface area contributed by atoms with Crippen molar-refractivity contribution < 1.29 is 23.8 Å². The Bertz CT molecular complexity index is 746. The Labute approximate surface area is 171 Å². The van der Waals surface area contributed by atoms with Gasteiger partial charge in [0.05, 0.1) is 21.3 Å². The van der Waals surface area contributed by atoms with Crippen LogP contribution in [0.4, 0.5) is 0 Å². The van der Waals surface area contributed by atoms with Crippen molar-refractivity contribution in [2.45, 2.75) is 44.9 Å². The molecule has 2 amide bonds. The summed E-state index contributed by atoms with van der Waals surface area (Å²) in [5.41, 5.74) is 5.59. The Morgan fingerprint density at radius 1 is 0.897 bits per heavy atom. The highest BCUT2D eigenvalue weighted by atomic mass is 16.5. The van der Waals surface area contributed by atoms with Gasteiger partial charge >= 0.3 is 0 Å². The van der Waals surface area contributed by atoms with Crippen molar-refractivity contribution >= 4 is 11.8 Å². The van der Waals surface area contributed by atoms with Crippen molar-refractivity contribution in [1.82, 2.24) is 10.9 Å². The van der Waals surface area contributed by atoms with E-state index >= 15 is 0 Å². The van der Waals surface area contributed by atoms with E-state index in [2.05, 4.69) is 10.9 Å². The summed E-state index contributed by atoms with van der Waals surface area (Å²) in [5.74, 6) is 3.02.